The van der Waals surface area contributed by atoms with Gasteiger partial charge in [-0.1, -0.05) is 26.5 Å². The second-order valence-electron chi connectivity index (χ2n) is 2.44. The van der Waals surface area contributed by atoms with E-state index in [0.717, 1.165) is 12.8 Å². The molecular weight excluding hydrogens is 160 g/mol. The zero-order chi connectivity index (χ0) is 8.69. The summed E-state index contributed by atoms with van der Waals surface area (Å²) in [5.74, 6) is 0.264. The third-order valence-electron chi connectivity index (χ3n) is 1.48. The van der Waals surface area contributed by atoms with Crippen molar-refractivity contribution in [3.05, 3.63) is 0 Å². The van der Waals surface area contributed by atoms with Crippen molar-refractivity contribution in [3.8, 4) is 0 Å². The Labute approximate surface area is 73.7 Å². The smallest absolute Gasteiger partial charge is 0.309 e. The average Bonchev–Trinajstić information content (AvgIpc) is 2.03. The Balaban J connectivity index is 3.61. The number of hydrogen-bond donors (Lipinski definition) is 0. The summed E-state index contributed by atoms with van der Waals surface area (Å²) in [4.78, 5) is 11.1. The lowest BCUT2D eigenvalue weighted by Gasteiger charge is -2.09. The molecule has 0 aromatic heterocycles. The SMILES string of the molecule is CCCOC(=O)C(CC)C[S]. The maximum Gasteiger partial charge on any atom is 0.309 e. The Hall–Kier alpha value is -0.180. The fourth-order valence-electron chi connectivity index (χ4n) is 0.673. The first-order valence-electron chi connectivity index (χ1n) is 4.00. The van der Waals surface area contributed by atoms with Crippen LogP contribution in [-0.2, 0) is 9.53 Å². The molecule has 3 heteroatoms. The lowest BCUT2D eigenvalue weighted by atomic mass is 10.1. The molecule has 0 rings (SSSR count). The molecule has 0 aliphatic heterocycles. The highest BCUT2D eigenvalue weighted by Gasteiger charge is 2.15. The fraction of sp³-hybridized carbons (Fsp3) is 0.875. The van der Waals surface area contributed by atoms with Gasteiger partial charge in [0.05, 0.1) is 12.5 Å². The first kappa shape index (κ1) is 10.8. The maximum absolute atomic E-state index is 11.1. The van der Waals surface area contributed by atoms with Crippen molar-refractivity contribution in [2.24, 2.45) is 5.92 Å². The van der Waals surface area contributed by atoms with E-state index in [0.29, 0.717) is 12.4 Å². The van der Waals surface area contributed by atoms with Crippen LogP contribution in [-0.4, -0.2) is 18.3 Å². The first-order chi connectivity index (χ1) is 5.26. The Kier molecular flexibility index (Phi) is 6.42. The summed E-state index contributed by atoms with van der Waals surface area (Å²) >= 11 is 4.80. The summed E-state index contributed by atoms with van der Waals surface area (Å²) in [5.41, 5.74) is 0. The summed E-state index contributed by atoms with van der Waals surface area (Å²) in [5, 5.41) is 0. The molecule has 0 bridgehead atoms. The van der Waals surface area contributed by atoms with Crippen molar-refractivity contribution in [3.63, 3.8) is 0 Å². The Morgan fingerprint density at radius 2 is 2.18 bits per heavy atom. The van der Waals surface area contributed by atoms with Crippen molar-refractivity contribution in [1.29, 1.82) is 0 Å². The molecule has 1 radical (unpaired) electrons. The lowest BCUT2D eigenvalue weighted by molar-refractivity contribution is -0.147. The Morgan fingerprint density at radius 3 is 2.55 bits per heavy atom. The molecule has 0 aliphatic rings. The molecule has 0 N–H and O–H groups in total. The van der Waals surface area contributed by atoms with Gasteiger partial charge in [0.15, 0.2) is 0 Å². The Bertz CT molecular complexity index is 111. The molecule has 0 heterocycles. The van der Waals surface area contributed by atoms with Gasteiger partial charge < -0.3 is 4.74 Å². The molecule has 1 atom stereocenters. The molecule has 65 valence electrons. The molecule has 0 saturated carbocycles. The third kappa shape index (κ3) is 4.30. The molecule has 0 saturated heterocycles. The van der Waals surface area contributed by atoms with Gasteiger partial charge in [0.25, 0.3) is 0 Å². The van der Waals surface area contributed by atoms with Crippen molar-refractivity contribution in [2.75, 3.05) is 12.4 Å². The summed E-state index contributed by atoms with van der Waals surface area (Å²) in [6, 6.07) is 0. The van der Waals surface area contributed by atoms with Gasteiger partial charge in [-0.05, 0) is 12.8 Å². The lowest BCUT2D eigenvalue weighted by Crippen LogP contribution is -2.18. The largest absolute Gasteiger partial charge is 0.465 e. The highest BCUT2D eigenvalue weighted by atomic mass is 32.1. The van der Waals surface area contributed by atoms with Gasteiger partial charge in [0.2, 0.25) is 0 Å². The first-order valence-corrected chi connectivity index (χ1v) is 4.58. The standard InChI is InChI=1S/C8H15O2S/c1-3-5-10-8(9)7(4-2)6-11/h7H,3-6H2,1-2H3. The monoisotopic (exact) mass is 175 g/mol. The van der Waals surface area contributed by atoms with Gasteiger partial charge in [0.1, 0.15) is 0 Å². The second kappa shape index (κ2) is 6.53. The molecule has 0 spiro atoms. The number of esters is 1. The summed E-state index contributed by atoms with van der Waals surface area (Å²) in [6.07, 6.45) is 1.66. The topological polar surface area (TPSA) is 26.3 Å². The van der Waals surface area contributed by atoms with Crippen molar-refractivity contribution < 1.29 is 9.53 Å². The predicted molar refractivity (Wildman–Crippen MR) is 47.5 cm³/mol. The van der Waals surface area contributed by atoms with Crippen LogP contribution in [0.5, 0.6) is 0 Å². The van der Waals surface area contributed by atoms with E-state index in [1.54, 1.807) is 0 Å². The highest BCUT2D eigenvalue weighted by Crippen LogP contribution is 2.06. The molecule has 0 aromatic carbocycles. The molecule has 0 amide bonds. The summed E-state index contributed by atoms with van der Waals surface area (Å²) in [6.45, 7) is 4.44. The van der Waals surface area contributed by atoms with E-state index < -0.39 is 0 Å². The number of carbonyl (C=O) groups is 1. The van der Waals surface area contributed by atoms with Crippen LogP contribution in [0.4, 0.5) is 0 Å². The van der Waals surface area contributed by atoms with E-state index in [4.69, 9.17) is 17.4 Å². The molecule has 11 heavy (non-hydrogen) atoms. The number of ether oxygens (including phenoxy) is 1. The van der Waals surface area contributed by atoms with Crippen LogP contribution in [0.3, 0.4) is 0 Å². The van der Waals surface area contributed by atoms with Gasteiger partial charge >= 0.3 is 5.97 Å². The van der Waals surface area contributed by atoms with Crippen LogP contribution in [0.2, 0.25) is 0 Å². The molecule has 2 nitrogen and oxygen atoms in total. The van der Waals surface area contributed by atoms with E-state index >= 15 is 0 Å². The van der Waals surface area contributed by atoms with Gasteiger partial charge in [-0.15, -0.1) is 0 Å². The maximum atomic E-state index is 11.1. The number of rotatable bonds is 5. The number of hydrogen-bond acceptors (Lipinski definition) is 2. The van der Waals surface area contributed by atoms with E-state index in [-0.39, 0.29) is 11.9 Å². The predicted octanol–water partition coefficient (Wildman–Crippen LogP) is 2.16. The minimum absolute atomic E-state index is 0.0726. The van der Waals surface area contributed by atoms with E-state index in [1.165, 1.54) is 0 Å². The van der Waals surface area contributed by atoms with Crippen LogP contribution in [0.15, 0.2) is 0 Å². The molecular formula is C8H15O2S. The fourth-order valence-corrected chi connectivity index (χ4v) is 1.04. The molecule has 0 aliphatic carbocycles. The van der Waals surface area contributed by atoms with Crippen LogP contribution in [0.1, 0.15) is 26.7 Å². The van der Waals surface area contributed by atoms with Gasteiger partial charge in [0, 0.05) is 5.75 Å². The van der Waals surface area contributed by atoms with Crippen molar-refractivity contribution in [1.82, 2.24) is 0 Å². The summed E-state index contributed by atoms with van der Waals surface area (Å²) < 4.78 is 4.93. The van der Waals surface area contributed by atoms with E-state index in [1.807, 2.05) is 13.8 Å². The van der Waals surface area contributed by atoms with Gasteiger partial charge in [-0.2, -0.15) is 0 Å². The van der Waals surface area contributed by atoms with Crippen LogP contribution < -0.4 is 0 Å². The zero-order valence-corrected chi connectivity index (χ0v) is 7.95. The van der Waals surface area contributed by atoms with Gasteiger partial charge in [-0.25, -0.2) is 0 Å². The van der Waals surface area contributed by atoms with E-state index in [2.05, 4.69) is 0 Å². The van der Waals surface area contributed by atoms with Crippen LogP contribution in [0, 0.1) is 5.92 Å². The van der Waals surface area contributed by atoms with Crippen LogP contribution in [0.25, 0.3) is 0 Å². The second-order valence-corrected chi connectivity index (χ2v) is 2.77. The zero-order valence-electron chi connectivity index (χ0n) is 7.13. The highest BCUT2D eigenvalue weighted by molar-refractivity contribution is 7.80. The minimum atomic E-state index is -0.135. The van der Waals surface area contributed by atoms with Gasteiger partial charge in [-0.3, -0.25) is 4.79 Å². The van der Waals surface area contributed by atoms with Crippen molar-refractivity contribution in [2.45, 2.75) is 26.7 Å². The van der Waals surface area contributed by atoms with Crippen LogP contribution >= 0.6 is 12.6 Å². The third-order valence-corrected chi connectivity index (χ3v) is 1.88. The quantitative estimate of drug-likeness (QED) is 0.598. The molecule has 0 aromatic rings. The normalized spacial score (nSPS) is 12.6. The Morgan fingerprint density at radius 1 is 1.55 bits per heavy atom. The van der Waals surface area contributed by atoms with E-state index in [9.17, 15) is 4.79 Å². The molecule has 0 fully saturated rings. The molecule has 1 unspecified atom stereocenters. The van der Waals surface area contributed by atoms with Crippen molar-refractivity contribution >= 4 is 18.6 Å². The average molecular weight is 175 g/mol. The minimum Gasteiger partial charge on any atom is -0.465 e. The summed E-state index contributed by atoms with van der Waals surface area (Å²) in [7, 11) is 0. The number of carbonyl (C=O) groups excluding carboxylic acids is 1.